The molecule has 0 radical (unpaired) electrons. The number of hydrogen-bond acceptors (Lipinski definition) is 4. The average molecular weight is 387 g/mol. The number of rotatable bonds is 9. The number of para-hydroxylation sites is 1. The van der Waals surface area contributed by atoms with E-state index in [-0.39, 0.29) is 23.9 Å². The van der Waals surface area contributed by atoms with Crippen LogP contribution in [0, 0.1) is 5.82 Å². The molecule has 0 bridgehead atoms. The Hall–Kier alpha value is -2.76. The Labute approximate surface area is 164 Å². The molecule has 150 valence electrons. The SMILES string of the molecule is CC1(C)Cc2cccc(OCC(=O)NCCCCOc3ccc(F)cc3)c2O1. The maximum Gasteiger partial charge on any atom is 0.257 e. The maximum atomic E-state index is 12.8. The second-order valence-electron chi connectivity index (χ2n) is 7.43. The summed E-state index contributed by atoms with van der Waals surface area (Å²) < 4.78 is 29.9. The van der Waals surface area contributed by atoms with Gasteiger partial charge in [0.25, 0.3) is 5.91 Å². The summed E-state index contributed by atoms with van der Waals surface area (Å²) >= 11 is 0. The third kappa shape index (κ3) is 5.62. The highest BCUT2D eigenvalue weighted by molar-refractivity contribution is 5.77. The lowest BCUT2D eigenvalue weighted by Gasteiger charge is -2.18. The number of carbonyl (C=O) groups is 1. The zero-order valence-electron chi connectivity index (χ0n) is 16.3. The van der Waals surface area contributed by atoms with Crippen molar-refractivity contribution < 1.29 is 23.4 Å². The lowest BCUT2D eigenvalue weighted by molar-refractivity contribution is -0.123. The Morgan fingerprint density at radius 1 is 1.14 bits per heavy atom. The molecular formula is C22H26FNO4. The maximum absolute atomic E-state index is 12.8. The number of amides is 1. The van der Waals surface area contributed by atoms with Crippen molar-refractivity contribution in [3.63, 3.8) is 0 Å². The van der Waals surface area contributed by atoms with Gasteiger partial charge in [0, 0.05) is 18.5 Å². The molecule has 2 aromatic carbocycles. The monoisotopic (exact) mass is 387 g/mol. The van der Waals surface area contributed by atoms with Crippen LogP contribution in [0.3, 0.4) is 0 Å². The summed E-state index contributed by atoms with van der Waals surface area (Å²) in [5, 5.41) is 2.83. The smallest absolute Gasteiger partial charge is 0.257 e. The van der Waals surface area contributed by atoms with E-state index >= 15 is 0 Å². The summed E-state index contributed by atoms with van der Waals surface area (Å²) in [4.78, 5) is 12.0. The van der Waals surface area contributed by atoms with Gasteiger partial charge in [0.2, 0.25) is 0 Å². The van der Waals surface area contributed by atoms with Crippen LogP contribution in [-0.2, 0) is 11.2 Å². The summed E-state index contributed by atoms with van der Waals surface area (Å²) in [5.41, 5.74) is 0.851. The van der Waals surface area contributed by atoms with Gasteiger partial charge in [-0.25, -0.2) is 4.39 Å². The second-order valence-corrected chi connectivity index (χ2v) is 7.43. The van der Waals surface area contributed by atoms with Crippen molar-refractivity contribution in [1.82, 2.24) is 5.32 Å². The first-order chi connectivity index (χ1) is 13.4. The Bertz CT molecular complexity index is 805. The van der Waals surface area contributed by atoms with Gasteiger partial charge in [0.05, 0.1) is 6.61 Å². The van der Waals surface area contributed by atoms with Crippen LogP contribution in [0.4, 0.5) is 4.39 Å². The predicted octanol–water partition coefficient (Wildman–Crippen LogP) is 3.89. The van der Waals surface area contributed by atoms with Crippen LogP contribution in [0.15, 0.2) is 42.5 Å². The van der Waals surface area contributed by atoms with Crippen LogP contribution in [0.2, 0.25) is 0 Å². The number of ether oxygens (including phenoxy) is 3. The van der Waals surface area contributed by atoms with E-state index in [0.29, 0.717) is 24.7 Å². The number of nitrogens with one attached hydrogen (secondary N) is 1. The quantitative estimate of drug-likeness (QED) is 0.663. The summed E-state index contributed by atoms with van der Waals surface area (Å²) in [6.07, 6.45) is 2.39. The van der Waals surface area contributed by atoms with Gasteiger partial charge in [0.15, 0.2) is 18.1 Å². The molecule has 3 rings (SSSR count). The van der Waals surface area contributed by atoms with E-state index in [0.717, 1.165) is 30.6 Å². The molecular weight excluding hydrogens is 361 g/mol. The van der Waals surface area contributed by atoms with Gasteiger partial charge < -0.3 is 19.5 Å². The van der Waals surface area contributed by atoms with Gasteiger partial charge in [-0.2, -0.15) is 0 Å². The zero-order valence-corrected chi connectivity index (χ0v) is 16.3. The van der Waals surface area contributed by atoms with E-state index < -0.39 is 0 Å². The summed E-state index contributed by atoms with van der Waals surface area (Å²) in [5.74, 6) is 1.52. The molecule has 1 aliphatic heterocycles. The lowest BCUT2D eigenvalue weighted by atomic mass is 10.0. The molecule has 5 nitrogen and oxygen atoms in total. The van der Waals surface area contributed by atoms with E-state index in [9.17, 15) is 9.18 Å². The van der Waals surface area contributed by atoms with Crippen LogP contribution < -0.4 is 19.5 Å². The highest BCUT2D eigenvalue weighted by Crippen LogP contribution is 2.41. The topological polar surface area (TPSA) is 56.8 Å². The molecule has 0 aromatic heterocycles. The lowest BCUT2D eigenvalue weighted by Crippen LogP contribution is -2.30. The third-order valence-electron chi connectivity index (χ3n) is 4.39. The number of halogens is 1. The summed E-state index contributed by atoms with van der Waals surface area (Å²) in [6, 6.07) is 11.7. The minimum absolute atomic E-state index is 0.0493. The molecule has 1 heterocycles. The van der Waals surface area contributed by atoms with Gasteiger partial charge in [-0.05, 0) is 57.0 Å². The molecule has 28 heavy (non-hydrogen) atoms. The van der Waals surface area contributed by atoms with E-state index in [2.05, 4.69) is 5.32 Å². The van der Waals surface area contributed by atoms with Crippen LogP contribution in [-0.4, -0.2) is 31.3 Å². The first kappa shape index (κ1) is 20.0. The molecule has 1 N–H and O–H groups in total. The van der Waals surface area contributed by atoms with Gasteiger partial charge >= 0.3 is 0 Å². The summed E-state index contributed by atoms with van der Waals surface area (Å²) in [6.45, 7) is 5.07. The number of unbranched alkanes of at least 4 members (excludes halogenated alkanes) is 1. The van der Waals surface area contributed by atoms with Gasteiger partial charge in [0.1, 0.15) is 17.2 Å². The molecule has 0 spiro atoms. The molecule has 1 amide bonds. The Kier molecular flexibility index (Phi) is 6.39. The first-order valence-corrected chi connectivity index (χ1v) is 9.52. The van der Waals surface area contributed by atoms with Crippen molar-refractivity contribution >= 4 is 5.91 Å². The third-order valence-corrected chi connectivity index (χ3v) is 4.39. The molecule has 0 fully saturated rings. The van der Waals surface area contributed by atoms with Crippen LogP contribution in [0.5, 0.6) is 17.2 Å². The second kappa shape index (κ2) is 8.95. The van der Waals surface area contributed by atoms with Crippen LogP contribution >= 0.6 is 0 Å². The van der Waals surface area contributed by atoms with Crippen molar-refractivity contribution in [2.75, 3.05) is 19.8 Å². The van der Waals surface area contributed by atoms with Crippen molar-refractivity contribution in [2.24, 2.45) is 0 Å². The Morgan fingerprint density at radius 2 is 1.93 bits per heavy atom. The highest BCUT2D eigenvalue weighted by atomic mass is 19.1. The van der Waals surface area contributed by atoms with Crippen LogP contribution in [0.1, 0.15) is 32.3 Å². The van der Waals surface area contributed by atoms with Crippen molar-refractivity contribution in [2.45, 2.75) is 38.7 Å². The van der Waals surface area contributed by atoms with Crippen molar-refractivity contribution in [3.8, 4) is 17.2 Å². The van der Waals surface area contributed by atoms with E-state index in [1.807, 2.05) is 32.0 Å². The average Bonchev–Trinajstić information content (AvgIpc) is 2.98. The van der Waals surface area contributed by atoms with E-state index in [1.165, 1.54) is 12.1 Å². The Balaban J connectivity index is 1.32. The van der Waals surface area contributed by atoms with Crippen molar-refractivity contribution in [3.05, 3.63) is 53.8 Å². The number of fused-ring (bicyclic) bond motifs is 1. The fraction of sp³-hybridized carbons (Fsp3) is 0.409. The molecule has 0 atom stereocenters. The molecule has 0 saturated carbocycles. The Morgan fingerprint density at radius 3 is 2.71 bits per heavy atom. The van der Waals surface area contributed by atoms with Gasteiger partial charge in [-0.3, -0.25) is 4.79 Å². The molecule has 2 aromatic rings. The minimum Gasteiger partial charge on any atom is -0.494 e. The normalized spacial score (nSPS) is 14.1. The molecule has 0 aliphatic carbocycles. The summed E-state index contributed by atoms with van der Waals surface area (Å²) in [7, 11) is 0. The van der Waals surface area contributed by atoms with Crippen molar-refractivity contribution in [1.29, 1.82) is 0 Å². The molecule has 0 saturated heterocycles. The van der Waals surface area contributed by atoms with E-state index in [1.54, 1.807) is 12.1 Å². The van der Waals surface area contributed by atoms with Gasteiger partial charge in [-0.15, -0.1) is 0 Å². The standard InChI is InChI=1S/C22H26FNO4/c1-22(2)14-16-6-5-7-19(21(16)28-22)27-15-20(25)24-12-3-4-13-26-18-10-8-17(23)9-11-18/h5-11H,3-4,12-15H2,1-2H3,(H,24,25). The number of hydrogen-bond donors (Lipinski definition) is 1. The van der Waals surface area contributed by atoms with Crippen LogP contribution in [0.25, 0.3) is 0 Å². The minimum atomic E-state index is -0.284. The predicted molar refractivity (Wildman–Crippen MR) is 104 cm³/mol. The highest BCUT2D eigenvalue weighted by Gasteiger charge is 2.32. The first-order valence-electron chi connectivity index (χ1n) is 9.52. The fourth-order valence-corrected chi connectivity index (χ4v) is 3.07. The molecule has 0 unspecified atom stereocenters. The number of benzene rings is 2. The van der Waals surface area contributed by atoms with Gasteiger partial charge in [-0.1, -0.05) is 12.1 Å². The zero-order chi connectivity index (χ0) is 20.0. The fourth-order valence-electron chi connectivity index (χ4n) is 3.07. The number of carbonyl (C=O) groups excluding carboxylic acids is 1. The molecule has 6 heteroatoms. The molecule has 1 aliphatic rings. The van der Waals surface area contributed by atoms with E-state index in [4.69, 9.17) is 14.2 Å². The largest absolute Gasteiger partial charge is 0.494 e.